The SMILES string of the molecule is CCOC1CC(Nc2cn[nH]c(=O)c2)C1. The van der Waals surface area contributed by atoms with Crippen molar-refractivity contribution in [1.82, 2.24) is 10.2 Å². The lowest BCUT2D eigenvalue weighted by molar-refractivity contribution is 0.00298. The molecule has 1 heterocycles. The van der Waals surface area contributed by atoms with Crippen molar-refractivity contribution < 1.29 is 4.74 Å². The van der Waals surface area contributed by atoms with Gasteiger partial charge in [-0.05, 0) is 19.8 Å². The molecule has 2 N–H and O–H groups in total. The molecule has 1 aliphatic rings. The van der Waals surface area contributed by atoms with Crippen molar-refractivity contribution >= 4 is 5.69 Å². The number of aromatic nitrogens is 2. The standard InChI is InChI=1S/C10H15N3O2/c1-2-15-9-3-7(4-9)12-8-5-10(14)13-11-6-8/h5-7,9H,2-4H2,1H3,(H2,12,13,14). The topological polar surface area (TPSA) is 67.0 Å². The smallest absolute Gasteiger partial charge is 0.266 e. The van der Waals surface area contributed by atoms with Crippen LogP contribution in [0.15, 0.2) is 17.1 Å². The maximum absolute atomic E-state index is 11.0. The summed E-state index contributed by atoms with van der Waals surface area (Å²) in [6, 6.07) is 1.92. The Morgan fingerprint density at radius 1 is 1.67 bits per heavy atom. The van der Waals surface area contributed by atoms with Crippen molar-refractivity contribution in [1.29, 1.82) is 0 Å². The molecule has 0 radical (unpaired) electrons. The third-order valence-electron chi connectivity index (χ3n) is 2.53. The number of H-pyrrole nitrogens is 1. The van der Waals surface area contributed by atoms with Gasteiger partial charge in [-0.3, -0.25) is 4.79 Å². The number of ether oxygens (including phenoxy) is 1. The van der Waals surface area contributed by atoms with E-state index in [0.717, 1.165) is 25.1 Å². The fraction of sp³-hybridized carbons (Fsp3) is 0.600. The molecule has 0 unspecified atom stereocenters. The Hall–Kier alpha value is -1.36. The largest absolute Gasteiger partial charge is 0.381 e. The Balaban J connectivity index is 1.82. The molecule has 0 aromatic carbocycles. The molecule has 5 nitrogen and oxygen atoms in total. The Morgan fingerprint density at radius 3 is 3.13 bits per heavy atom. The number of aromatic amines is 1. The van der Waals surface area contributed by atoms with E-state index in [1.807, 2.05) is 6.92 Å². The van der Waals surface area contributed by atoms with Crippen LogP contribution in [-0.4, -0.2) is 29.0 Å². The van der Waals surface area contributed by atoms with E-state index in [9.17, 15) is 4.79 Å². The van der Waals surface area contributed by atoms with Gasteiger partial charge in [-0.25, -0.2) is 5.10 Å². The highest BCUT2D eigenvalue weighted by molar-refractivity contribution is 5.40. The van der Waals surface area contributed by atoms with Crippen LogP contribution < -0.4 is 10.9 Å². The molecule has 0 spiro atoms. The second-order valence-corrected chi connectivity index (χ2v) is 3.72. The highest BCUT2D eigenvalue weighted by Gasteiger charge is 2.29. The van der Waals surface area contributed by atoms with Gasteiger partial charge in [-0.2, -0.15) is 5.10 Å². The van der Waals surface area contributed by atoms with Crippen LogP contribution in [0.2, 0.25) is 0 Å². The summed E-state index contributed by atoms with van der Waals surface area (Å²) < 4.78 is 5.45. The van der Waals surface area contributed by atoms with Crippen LogP contribution in [0.4, 0.5) is 5.69 Å². The molecule has 1 fully saturated rings. The minimum absolute atomic E-state index is 0.180. The molecular weight excluding hydrogens is 194 g/mol. The molecule has 5 heteroatoms. The predicted molar refractivity (Wildman–Crippen MR) is 56.9 cm³/mol. The molecule has 0 amide bonds. The molecule has 15 heavy (non-hydrogen) atoms. The third kappa shape index (κ3) is 2.56. The zero-order chi connectivity index (χ0) is 10.7. The molecule has 2 rings (SSSR count). The van der Waals surface area contributed by atoms with Crippen molar-refractivity contribution in [3.05, 3.63) is 22.6 Å². The van der Waals surface area contributed by atoms with Gasteiger partial charge in [0.05, 0.1) is 18.0 Å². The number of rotatable bonds is 4. The van der Waals surface area contributed by atoms with E-state index < -0.39 is 0 Å². The van der Waals surface area contributed by atoms with Gasteiger partial charge in [-0.1, -0.05) is 0 Å². The van der Waals surface area contributed by atoms with Gasteiger partial charge in [0.25, 0.3) is 5.56 Å². The van der Waals surface area contributed by atoms with Crippen LogP contribution in [0.3, 0.4) is 0 Å². The molecule has 1 aromatic rings. The summed E-state index contributed by atoms with van der Waals surface area (Å²) in [5.74, 6) is 0. The molecule has 1 saturated carbocycles. The highest BCUT2D eigenvalue weighted by Crippen LogP contribution is 2.25. The molecule has 0 atom stereocenters. The Morgan fingerprint density at radius 2 is 2.47 bits per heavy atom. The second-order valence-electron chi connectivity index (χ2n) is 3.72. The van der Waals surface area contributed by atoms with Crippen molar-refractivity contribution in [2.75, 3.05) is 11.9 Å². The van der Waals surface area contributed by atoms with Crippen LogP contribution >= 0.6 is 0 Å². The van der Waals surface area contributed by atoms with Crippen LogP contribution in [0.1, 0.15) is 19.8 Å². The summed E-state index contributed by atoms with van der Waals surface area (Å²) >= 11 is 0. The summed E-state index contributed by atoms with van der Waals surface area (Å²) in [7, 11) is 0. The fourth-order valence-corrected chi connectivity index (χ4v) is 1.75. The first-order valence-electron chi connectivity index (χ1n) is 5.21. The van der Waals surface area contributed by atoms with Crippen molar-refractivity contribution in [3.63, 3.8) is 0 Å². The summed E-state index contributed by atoms with van der Waals surface area (Å²) in [4.78, 5) is 11.0. The van der Waals surface area contributed by atoms with Crippen molar-refractivity contribution in [3.8, 4) is 0 Å². The fourth-order valence-electron chi connectivity index (χ4n) is 1.75. The van der Waals surface area contributed by atoms with E-state index >= 15 is 0 Å². The van der Waals surface area contributed by atoms with Gasteiger partial charge in [0, 0.05) is 18.7 Å². The van der Waals surface area contributed by atoms with Gasteiger partial charge in [-0.15, -0.1) is 0 Å². The lowest BCUT2D eigenvalue weighted by Crippen LogP contribution is -2.41. The molecule has 82 valence electrons. The van der Waals surface area contributed by atoms with E-state index in [1.165, 1.54) is 6.07 Å². The monoisotopic (exact) mass is 209 g/mol. The van der Waals surface area contributed by atoms with Gasteiger partial charge in [0.15, 0.2) is 0 Å². The number of hydrogen-bond donors (Lipinski definition) is 2. The molecular formula is C10H15N3O2. The van der Waals surface area contributed by atoms with Gasteiger partial charge in [0.1, 0.15) is 0 Å². The van der Waals surface area contributed by atoms with Gasteiger partial charge >= 0.3 is 0 Å². The zero-order valence-corrected chi connectivity index (χ0v) is 8.69. The normalized spacial score (nSPS) is 24.6. The summed E-state index contributed by atoms with van der Waals surface area (Å²) in [5, 5.41) is 9.30. The Kier molecular flexibility index (Phi) is 3.01. The average Bonchev–Trinajstić information content (AvgIpc) is 2.15. The van der Waals surface area contributed by atoms with Crippen LogP contribution in [-0.2, 0) is 4.74 Å². The third-order valence-corrected chi connectivity index (χ3v) is 2.53. The van der Waals surface area contributed by atoms with Crippen molar-refractivity contribution in [2.45, 2.75) is 31.9 Å². The number of hydrogen-bond acceptors (Lipinski definition) is 4. The molecule has 1 aromatic heterocycles. The number of anilines is 1. The van der Waals surface area contributed by atoms with Crippen LogP contribution in [0.25, 0.3) is 0 Å². The second kappa shape index (κ2) is 4.44. The van der Waals surface area contributed by atoms with E-state index in [2.05, 4.69) is 15.5 Å². The first kappa shape index (κ1) is 10.2. The van der Waals surface area contributed by atoms with Crippen LogP contribution in [0, 0.1) is 0 Å². The van der Waals surface area contributed by atoms with E-state index in [0.29, 0.717) is 12.1 Å². The first-order chi connectivity index (χ1) is 7.28. The minimum Gasteiger partial charge on any atom is -0.381 e. The molecule has 0 aliphatic heterocycles. The summed E-state index contributed by atoms with van der Waals surface area (Å²) in [5.41, 5.74) is 0.597. The quantitative estimate of drug-likeness (QED) is 0.768. The average molecular weight is 209 g/mol. The maximum atomic E-state index is 11.0. The van der Waals surface area contributed by atoms with Gasteiger partial charge in [0.2, 0.25) is 0 Å². The first-order valence-corrected chi connectivity index (χ1v) is 5.21. The van der Waals surface area contributed by atoms with E-state index in [4.69, 9.17) is 4.74 Å². The number of nitrogens with zero attached hydrogens (tertiary/aromatic N) is 1. The summed E-state index contributed by atoms with van der Waals surface area (Å²) in [6.07, 6.45) is 4.00. The maximum Gasteiger partial charge on any atom is 0.266 e. The Labute approximate surface area is 87.8 Å². The Bertz CT molecular complexity index is 371. The van der Waals surface area contributed by atoms with Gasteiger partial charge < -0.3 is 10.1 Å². The van der Waals surface area contributed by atoms with E-state index in [1.54, 1.807) is 6.20 Å². The summed E-state index contributed by atoms with van der Waals surface area (Å²) in [6.45, 7) is 2.77. The number of nitrogens with one attached hydrogen (secondary N) is 2. The molecule has 0 saturated heterocycles. The molecule has 1 aliphatic carbocycles. The lowest BCUT2D eigenvalue weighted by atomic mass is 9.89. The minimum atomic E-state index is -0.180. The van der Waals surface area contributed by atoms with Crippen LogP contribution in [0.5, 0.6) is 0 Å². The zero-order valence-electron chi connectivity index (χ0n) is 8.69. The molecule has 0 bridgehead atoms. The predicted octanol–water partition coefficient (Wildman–Crippen LogP) is 0.749. The highest BCUT2D eigenvalue weighted by atomic mass is 16.5. The lowest BCUT2D eigenvalue weighted by Gasteiger charge is -2.35. The van der Waals surface area contributed by atoms with E-state index in [-0.39, 0.29) is 5.56 Å². The van der Waals surface area contributed by atoms with Crippen molar-refractivity contribution in [2.24, 2.45) is 0 Å².